The molecule has 0 aliphatic carbocycles. The number of halogens is 3. The van der Waals surface area contributed by atoms with Gasteiger partial charge in [-0.05, 0) is 36.4 Å². The van der Waals surface area contributed by atoms with Crippen LogP contribution in [0.1, 0.15) is 17.4 Å². The minimum atomic E-state index is -4.48. The number of nitrogens with zero attached hydrogens (tertiary/aromatic N) is 1. The van der Waals surface area contributed by atoms with Crippen LogP contribution in [0.15, 0.2) is 47.5 Å². The molecule has 2 rings (SSSR count). The van der Waals surface area contributed by atoms with E-state index in [4.69, 9.17) is 14.2 Å². The van der Waals surface area contributed by atoms with E-state index in [1.165, 1.54) is 50.6 Å². The van der Waals surface area contributed by atoms with E-state index in [9.17, 15) is 18.0 Å². The van der Waals surface area contributed by atoms with Crippen LogP contribution in [0.3, 0.4) is 0 Å². The van der Waals surface area contributed by atoms with Gasteiger partial charge in [-0.25, -0.2) is 4.79 Å². The minimum Gasteiger partial charge on any atom is -0.457 e. The first-order valence-corrected chi connectivity index (χ1v) is 7.01. The van der Waals surface area contributed by atoms with Gasteiger partial charge in [-0.15, -0.1) is 0 Å². The van der Waals surface area contributed by atoms with Crippen LogP contribution < -0.4 is 4.74 Å². The van der Waals surface area contributed by atoms with Gasteiger partial charge in [-0.3, -0.25) is 0 Å². The lowest BCUT2D eigenvalue weighted by Crippen LogP contribution is -2.06. The first-order valence-electron chi connectivity index (χ1n) is 7.01. The molecular weight excluding hydrogens is 339 g/mol. The highest BCUT2D eigenvalue weighted by Crippen LogP contribution is 2.36. The summed E-state index contributed by atoms with van der Waals surface area (Å²) in [5.41, 5.74) is -0.192. The average Bonchev–Trinajstić information content (AvgIpc) is 2.58. The van der Waals surface area contributed by atoms with E-state index in [-0.39, 0.29) is 17.2 Å². The Morgan fingerprint density at radius 1 is 1.08 bits per heavy atom. The summed E-state index contributed by atoms with van der Waals surface area (Å²) in [6, 6.07) is 8.85. The molecule has 0 aliphatic rings. The van der Waals surface area contributed by atoms with Crippen molar-refractivity contribution in [1.29, 1.82) is 0 Å². The maximum atomic E-state index is 12.8. The van der Waals surface area contributed by atoms with Gasteiger partial charge in [0.05, 0.1) is 16.8 Å². The number of ether oxygens (including phenoxy) is 3. The molecule has 0 amide bonds. The van der Waals surface area contributed by atoms with Gasteiger partial charge in [0.1, 0.15) is 11.5 Å². The number of hydrogen-bond donors (Lipinski definition) is 0. The lowest BCUT2D eigenvalue weighted by atomic mass is 10.1. The van der Waals surface area contributed by atoms with E-state index in [1.54, 1.807) is 0 Å². The van der Waals surface area contributed by atoms with Crippen molar-refractivity contribution in [2.75, 3.05) is 14.2 Å². The summed E-state index contributed by atoms with van der Waals surface area (Å²) in [6.07, 6.45) is -3.93. The highest BCUT2D eigenvalue weighted by atomic mass is 19.4. The zero-order valence-electron chi connectivity index (χ0n) is 13.3. The number of aliphatic imine (C=N–C) groups is 1. The van der Waals surface area contributed by atoms with Crippen molar-refractivity contribution in [2.24, 2.45) is 4.99 Å². The van der Waals surface area contributed by atoms with Gasteiger partial charge in [-0.1, -0.05) is 6.07 Å². The second kappa shape index (κ2) is 7.94. The summed E-state index contributed by atoms with van der Waals surface area (Å²) in [5.74, 6) is 0.201. The van der Waals surface area contributed by atoms with Crippen molar-refractivity contribution >= 4 is 11.8 Å². The molecule has 2 aromatic carbocycles. The van der Waals surface area contributed by atoms with E-state index >= 15 is 0 Å². The Labute approximate surface area is 141 Å². The summed E-state index contributed by atoms with van der Waals surface area (Å²) < 4.78 is 54.3. The largest absolute Gasteiger partial charge is 0.457 e. The van der Waals surface area contributed by atoms with E-state index in [1.807, 2.05) is 0 Å². The molecule has 2 aromatic rings. The van der Waals surface area contributed by atoms with Gasteiger partial charge >= 0.3 is 6.18 Å². The SMILES string of the molecule is COC(OC)c1cc(N=C=O)ccc1Oc1cccc(C(F)(F)F)c1. The van der Waals surface area contributed by atoms with E-state index < -0.39 is 18.0 Å². The van der Waals surface area contributed by atoms with Crippen molar-refractivity contribution in [3.8, 4) is 11.5 Å². The van der Waals surface area contributed by atoms with Crippen molar-refractivity contribution in [3.63, 3.8) is 0 Å². The molecule has 25 heavy (non-hydrogen) atoms. The third-order valence-electron chi connectivity index (χ3n) is 3.24. The molecule has 0 saturated heterocycles. The van der Waals surface area contributed by atoms with Crippen LogP contribution >= 0.6 is 0 Å². The standard InChI is InChI=1S/C17H14F3NO4/c1-23-16(24-2)14-9-12(21-10-22)6-7-15(14)25-13-5-3-4-11(8-13)17(18,19)20/h3-9,16H,1-2H3. The third kappa shape index (κ3) is 4.67. The summed E-state index contributed by atoms with van der Waals surface area (Å²) in [4.78, 5) is 13.9. The smallest absolute Gasteiger partial charge is 0.416 e. The van der Waals surface area contributed by atoms with Gasteiger partial charge in [0.25, 0.3) is 0 Å². The van der Waals surface area contributed by atoms with Crippen LogP contribution in [0.4, 0.5) is 18.9 Å². The first-order chi connectivity index (χ1) is 11.9. The van der Waals surface area contributed by atoms with Crippen LogP contribution in [0.25, 0.3) is 0 Å². The quantitative estimate of drug-likeness (QED) is 0.427. The molecular formula is C17H14F3NO4. The van der Waals surface area contributed by atoms with E-state index in [2.05, 4.69) is 4.99 Å². The van der Waals surface area contributed by atoms with Gasteiger partial charge in [0, 0.05) is 14.2 Å². The molecule has 0 unspecified atom stereocenters. The van der Waals surface area contributed by atoms with Gasteiger partial charge < -0.3 is 14.2 Å². The molecule has 0 saturated carbocycles. The molecule has 0 fully saturated rings. The zero-order valence-corrected chi connectivity index (χ0v) is 13.3. The lowest BCUT2D eigenvalue weighted by molar-refractivity contribution is -0.137. The zero-order chi connectivity index (χ0) is 18.4. The molecule has 0 radical (unpaired) electrons. The number of methoxy groups -OCH3 is 2. The van der Waals surface area contributed by atoms with Crippen LogP contribution in [0, 0.1) is 0 Å². The molecule has 132 valence electrons. The average molecular weight is 353 g/mol. The molecule has 0 N–H and O–H groups in total. The Kier molecular flexibility index (Phi) is 5.93. The van der Waals surface area contributed by atoms with E-state index in [0.29, 0.717) is 5.56 Å². The molecule has 0 atom stereocenters. The Morgan fingerprint density at radius 3 is 2.40 bits per heavy atom. The maximum Gasteiger partial charge on any atom is 0.416 e. The normalized spacial score (nSPS) is 11.3. The topological polar surface area (TPSA) is 57.1 Å². The summed E-state index contributed by atoms with van der Waals surface area (Å²) >= 11 is 0. The van der Waals surface area contributed by atoms with Crippen LogP contribution in [-0.4, -0.2) is 20.3 Å². The fourth-order valence-corrected chi connectivity index (χ4v) is 2.15. The number of rotatable bonds is 6. The van der Waals surface area contributed by atoms with Crippen molar-refractivity contribution in [3.05, 3.63) is 53.6 Å². The predicted octanol–water partition coefficient (Wildman–Crippen LogP) is 4.76. The Bertz CT molecular complexity index is 782. The molecule has 0 heterocycles. The second-order valence-corrected chi connectivity index (χ2v) is 4.86. The molecule has 0 aromatic heterocycles. The summed E-state index contributed by atoms with van der Waals surface area (Å²) in [5, 5.41) is 0. The predicted molar refractivity (Wildman–Crippen MR) is 82.5 cm³/mol. The lowest BCUT2D eigenvalue weighted by Gasteiger charge is -2.18. The van der Waals surface area contributed by atoms with Crippen molar-refractivity contribution in [2.45, 2.75) is 12.5 Å². The summed E-state index contributed by atoms with van der Waals surface area (Å²) in [6.45, 7) is 0. The minimum absolute atomic E-state index is 0.00586. The monoisotopic (exact) mass is 353 g/mol. The maximum absolute atomic E-state index is 12.8. The molecule has 0 spiro atoms. The van der Waals surface area contributed by atoms with Gasteiger partial charge in [-0.2, -0.15) is 18.2 Å². The Hall–Kier alpha value is -2.67. The van der Waals surface area contributed by atoms with Crippen LogP contribution in [0.2, 0.25) is 0 Å². The highest BCUT2D eigenvalue weighted by molar-refractivity contribution is 5.54. The fraction of sp³-hybridized carbons (Fsp3) is 0.235. The highest BCUT2D eigenvalue weighted by Gasteiger charge is 2.30. The van der Waals surface area contributed by atoms with Crippen molar-refractivity contribution in [1.82, 2.24) is 0 Å². The van der Waals surface area contributed by atoms with Crippen LogP contribution in [-0.2, 0) is 20.4 Å². The summed E-state index contributed by atoms with van der Waals surface area (Å²) in [7, 11) is 2.77. The molecule has 8 heteroatoms. The van der Waals surface area contributed by atoms with Crippen molar-refractivity contribution < 1.29 is 32.2 Å². The number of benzene rings is 2. The molecule has 0 bridgehead atoms. The molecule has 5 nitrogen and oxygen atoms in total. The van der Waals surface area contributed by atoms with Crippen LogP contribution in [0.5, 0.6) is 11.5 Å². The fourth-order valence-electron chi connectivity index (χ4n) is 2.15. The van der Waals surface area contributed by atoms with Gasteiger partial charge in [0.2, 0.25) is 6.08 Å². The van der Waals surface area contributed by atoms with Gasteiger partial charge in [0.15, 0.2) is 6.29 Å². The molecule has 0 aliphatic heterocycles. The van der Waals surface area contributed by atoms with E-state index in [0.717, 1.165) is 12.1 Å². The number of alkyl halides is 3. The number of isocyanates is 1. The number of hydrogen-bond acceptors (Lipinski definition) is 5. The third-order valence-corrected chi connectivity index (χ3v) is 3.24. The Balaban J connectivity index is 2.43. The number of carbonyl (C=O) groups excluding carboxylic acids is 1. The second-order valence-electron chi connectivity index (χ2n) is 4.86. The first kappa shape index (κ1) is 18.7. The Morgan fingerprint density at radius 2 is 1.80 bits per heavy atom.